The molecule has 7 heteroatoms. The first-order chi connectivity index (χ1) is 15.6. The number of fused-ring (bicyclic) bond motifs is 1. The number of para-hydroxylation sites is 1. The summed E-state index contributed by atoms with van der Waals surface area (Å²) < 4.78 is 16.8. The third-order valence-electron chi connectivity index (χ3n) is 6.63. The summed E-state index contributed by atoms with van der Waals surface area (Å²) in [6.45, 7) is 0.889. The molecule has 2 aromatic carbocycles. The van der Waals surface area contributed by atoms with Crippen LogP contribution >= 0.6 is 0 Å². The number of amides is 2. The monoisotopic (exact) mass is 434 g/mol. The molecule has 2 fully saturated rings. The predicted octanol–water partition coefficient (Wildman–Crippen LogP) is 2.35. The van der Waals surface area contributed by atoms with Crippen LogP contribution < -0.4 is 19.7 Å². The average Bonchev–Trinajstić information content (AvgIpc) is 3.47. The van der Waals surface area contributed by atoms with Gasteiger partial charge < -0.3 is 24.4 Å². The molecule has 3 heterocycles. The molecule has 7 nitrogen and oxygen atoms in total. The van der Waals surface area contributed by atoms with E-state index in [1.807, 2.05) is 60.7 Å². The molecule has 2 bridgehead atoms. The van der Waals surface area contributed by atoms with E-state index in [1.54, 1.807) is 19.1 Å². The topological polar surface area (TPSA) is 77.1 Å². The molecule has 1 N–H and O–H groups in total. The van der Waals surface area contributed by atoms with Crippen molar-refractivity contribution in [1.82, 2.24) is 5.32 Å². The van der Waals surface area contributed by atoms with Gasteiger partial charge in [0.2, 0.25) is 11.8 Å². The van der Waals surface area contributed by atoms with E-state index in [9.17, 15) is 9.59 Å². The quantitative estimate of drug-likeness (QED) is 0.677. The zero-order chi connectivity index (χ0) is 22.3. The Labute approximate surface area is 186 Å². The van der Waals surface area contributed by atoms with Gasteiger partial charge in [-0.05, 0) is 36.2 Å². The summed E-state index contributed by atoms with van der Waals surface area (Å²) >= 11 is 0. The van der Waals surface area contributed by atoms with Gasteiger partial charge in [-0.15, -0.1) is 0 Å². The molecule has 166 valence electrons. The number of carbonyl (C=O) groups excluding carboxylic acids is 2. The fourth-order valence-electron chi connectivity index (χ4n) is 5.11. The smallest absolute Gasteiger partial charge is 0.234 e. The Morgan fingerprint density at radius 2 is 1.94 bits per heavy atom. The highest BCUT2D eigenvalue weighted by molar-refractivity contribution is 6.03. The number of methoxy groups -OCH3 is 2. The largest absolute Gasteiger partial charge is 0.493 e. The SMILES string of the molecule is COc1ccc(CCNC(=O)[C@@H]2[C@H]3C=C[C@]4(CN(c5ccccc5)C(=O)[C@@H]24)O3)cc1OC. The maximum absolute atomic E-state index is 13.3. The van der Waals surface area contributed by atoms with Crippen molar-refractivity contribution in [3.63, 3.8) is 0 Å². The molecule has 0 aliphatic carbocycles. The molecule has 5 rings (SSSR count). The highest BCUT2D eigenvalue weighted by atomic mass is 16.5. The third-order valence-corrected chi connectivity index (χ3v) is 6.63. The fraction of sp³-hybridized carbons (Fsp3) is 0.360. The van der Waals surface area contributed by atoms with Crippen molar-refractivity contribution in [2.45, 2.75) is 18.1 Å². The number of hydrogen-bond donors (Lipinski definition) is 1. The van der Waals surface area contributed by atoms with Crippen molar-refractivity contribution in [1.29, 1.82) is 0 Å². The first kappa shape index (κ1) is 20.6. The normalized spacial score (nSPS) is 27.5. The summed E-state index contributed by atoms with van der Waals surface area (Å²) in [6.07, 6.45) is 4.18. The van der Waals surface area contributed by atoms with Gasteiger partial charge in [-0.2, -0.15) is 0 Å². The first-order valence-corrected chi connectivity index (χ1v) is 10.8. The van der Waals surface area contributed by atoms with Crippen LogP contribution in [-0.4, -0.2) is 50.8 Å². The van der Waals surface area contributed by atoms with E-state index >= 15 is 0 Å². The molecule has 1 spiro atoms. The van der Waals surface area contributed by atoms with E-state index in [2.05, 4.69) is 5.32 Å². The van der Waals surface area contributed by atoms with Crippen LogP contribution in [0.4, 0.5) is 5.69 Å². The second-order valence-corrected chi connectivity index (χ2v) is 8.39. The highest BCUT2D eigenvalue weighted by Gasteiger charge is 2.66. The molecule has 0 unspecified atom stereocenters. The van der Waals surface area contributed by atoms with E-state index in [-0.39, 0.29) is 17.9 Å². The van der Waals surface area contributed by atoms with Gasteiger partial charge in [0.1, 0.15) is 5.60 Å². The molecular formula is C25H26N2O5. The summed E-state index contributed by atoms with van der Waals surface area (Å²) in [5, 5.41) is 3.01. The van der Waals surface area contributed by atoms with Gasteiger partial charge in [0, 0.05) is 12.2 Å². The lowest BCUT2D eigenvalue weighted by atomic mass is 9.77. The molecule has 2 amide bonds. The van der Waals surface area contributed by atoms with E-state index in [0.717, 1.165) is 11.3 Å². The van der Waals surface area contributed by atoms with Crippen LogP contribution in [-0.2, 0) is 20.7 Å². The maximum atomic E-state index is 13.3. The minimum atomic E-state index is -0.719. The second-order valence-electron chi connectivity index (χ2n) is 8.39. The third kappa shape index (κ3) is 3.24. The molecule has 3 aliphatic rings. The van der Waals surface area contributed by atoms with Crippen LogP contribution in [0.15, 0.2) is 60.7 Å². The van der Waals surface area contributed by atoms with Crippen molar-refractivity contribution in [2.24, 2.45) is 11.8 Å². The van der Waals surface area contributed by atoms with Crippen LogP contribution in [0.5, 0.6) is 11.5 Å². The molecule has 0 radical (unpaired) electrons. The Kier molecular flexibility index (Phi) is 5.13. The Bertz CT molecular complexity index is 1070. The molecule has 32 heavy (non-hydrogen) atoms. The first-order valence-electron chi connectivity index (χ1n) is 10.8. The molecule has 4 atom stereocenters. The Balaban J connectivity index is 1.27. The van der Waals surface area contributed by atoms with Crippen LogP contribution in [0, 0.1) is 11.8 Å². The fourth-order valence-corrected chi connectivity index (χ4v) is 5.11. The van der Waals surface area contributed by atoms with Gasteiger partial charge in [0.25, 0.3) is 0 Å². The van der Waals surface area contributed by atoms with Crippen LogP contribution in [0.3, 0.4) is 0 Å². The van der Waals surface area contributed by atoms with Gasteiger partial charge in [0.15, 0.2) is 11.5 Å². The van der Waals surface area contributed by atoms with Gasteiger partial charge in [0.05, 0.1) is 38.7 Å². The van der Waals surface area contributed by atoms with Crippen molar-refractivity contribution >= 4 is 17.5 Å². The van der Waals surface area contributed by atoms with E-state index < -0.39 is 17.4 Å². The number of carbonyl (C=O) groups is 2. The zero-order valence-corrected chi connectivity index (χ0v) is 18.1. The van der Waals surface area contributed by atoms with Crippen molar-refractivity contribution < 1.29 is 23.8 Å². The van der Waals surface area contributed by atoms with Gasteiger partial charge in [-0.3, -0.25) is 9.59 Å². The van der Waals surface area contributed by atoms with Crippen molar-refractivity contribution in [3.05, 3.63) is 66.2 Å². The van der Waals surface area contributed by atoms with Crippen LogP contribution in [0.2, 0.25) is 0 Å². The molecular weight excluding hydrogens is 408 g/mol. The molecule has 3 aliphatic heterocycles. The average molecular weight is 434 g/mol. The number of nitrogens with zero attached hydrogens (tertiary/aromatic N) is 1. The number of hydrogen-bond acceptors (Lipinski definition) is 5. The summed E-state index contributed by atoms with van der Waals surface area (Å²) in [5.74, 6) is 0.102. The Morgan fingerprint density at radius 3 is 2.69 bits per heavy atom. The lowest BCUT2D eigenvalue weighted by Crippen LogP contribution is -2.44. The molecule has 0 aromatic heterocycles. The zero-order valence-electron chi connectivity index (χ0n) is 18.1. The van der Waals surface area contributed by atoms with Gasteiger partial charge in [-0.25, -0.2) is 0 Å². The standard InChI is InChI=1S/C25H26N2O5/c1-30-18-9-8-16(14-20(18)31-2)11-13-26-23(28)21-19-10-12-25(32-19)15-27(24(29)22(21)25)17-6-4-3-5-7-17/h3-10,12,14,19,21-22H,11,13,15H2,1-2H3,(H,26,28)/t19-,21-,22-,25-/m1/s1. The predicted molar refractivity (Wildman–Crippen MR) is 119 cm³/mol. The lowest BCUT2D eigenvalue weighted by Gasteiger charge is -2.23. The summed E-state index contributed by atoms with van der Waals surface area (Å²) in [6, 6.07) is 15.2. The number of anilines is 1. The maximum Gasteiger partial charge on any atom is 0.234 e. The van der Waals surface area contributed by atoms with Crippen LogP contribution in [0.25, 0.3) is 0 Å². The summed E-state index contributed by atoms with van der Waals surface area (Å²) in [7, 11) is 3.19. The minimum absolute atomic E-state index is 0.0527. The lowest BCUT2D eigenvalue weighted by molar-refractivity contribution is -0.131. The molecule has 0 saturated carbocycles. The van der Waals surface area contributed by atoms with E-state index in [1.165, 1.54) is 0 Å². The Hall–Kier alpha value is -3.32. The van der Waals surface area contributed by atoms with Crippen molar-refractivity contribution in [2.75, 3.05) is 32.2 Å². The Morgan fingerprint density at radius 1 is 1.16 bits per heavy atom. The molecule has 2 aromatic rings. The number of ether oxygens (including phenoxy) is 3. The number of rotatable bonds is 7. The highest BCUT2D eigenvalue weighted by Crippen LogP contribution is 2.52. The van der Waals surface area contributed by atoms with E-state index in [4.69, 9.17) is 14.2 Å². The van der Waals surface area contributed by atoms with Gasteiger partial charge in [-0.1, -0.05) is 36.4 Å². The van der Waals surface area contributed by atoms with Crippen molar-refractivity contribution in [3.8, 4) is 11.5 Å². The number of benzene rings is 2. The summed E-state index contributed by atoms with van der Waals surface area (Å²) in [4.78, 5) is 28.2. The van der Waals surface area contributed by atoms with E-state index in [0.29, 0.717) is 31.0 Å². The van der Waals surface area contributed by atoms with Gasteiger partial charge >= 0.3 is 0 Å². The number of nitrogens with one attached hydrogen (secondary N) is 1. The van der Waals surface area contributed by atoms with Crippen LogP contribution in [0.1, 0.15) is 5.56 Å². The summed E-state index contributed by atoms with van der Waals surface area (Å²) in [5.41, 5.74) is 1.13. The minimum Gasteiger partial charge on any atom is -0.493 e. The second kappa shape index (κ2) is 7.98. The molecule has 2 saturated heterocycles.